The van der Waals surface area contributed by atoms with Gasteiger partial charge in [-0.25, -0.2) is 0 Å². The fraction of sp³-hybridized carbons (Fsp3) is 0.200. The number of aliphatic hydroxyl groups is 1. The van der Waals surface area contributed by atoms with Crippen LogP contribution in [0.4, 0.5) is 5.69 Å². The van der Waals surface area contributed by atoms with Crippen molar-refractivity contribution < 1.29 is 9.90 Å². The van der Waals surface area contributed by atoms with Gasteiger partial charge in [-0.2, -0.15) is 0 Å². The molecule has 0 saturated carbocycles. The van der Waals surface area contributed by atoms with Crippen LogP contribution in [0.3, 0.4) is 0 Å². The van der Waals surface area contributed by atoms with Crippen LogP contribution in [0, 0.1) is 25.7 Å². The first-order valence-corrected chi connectivity index (χ1v) is 6.92. The zero-order chi connectivity index (χ0) is 14.5. The molecule has 2 aromatic rings. The van der Waals surface area contributed by atoms with Crippen molar-refractivity contribution in [3.63, 3.8) is 0 Å². The van der Waals surface area contributed by atoms with E-state index < -0.39 is 0 Å². The first-order chi connectivity index (χ1) is 9.60. The van der Waals surface area contributed by atoms with Crippen LogP contribution < -0.4 is 5.32 Å². The van der Waals surface area contributed by atoms with Gasteiger partial charge >= 0.3 is 0 Å². The highest BCUT2D eigenvalue weighted by atomic mass is 32.1. The van der Waals surface area contributed by atoms with Crippen LogP contribution in [0.15, 0.2) is 23.6 Å². The van der Waals surface area contributed by atoms with Crippen molar-refractivity contribution in [1.29, 1.82) is 0 Å². The molecule has 4 nitrogen and oxygen atoms in total. The van der Waals surface area contributed by atoms with Gasteiger partial charge in [-0.3, -0.25) is 9.78 Å². The maximum atomic E-state index is 12.1. The molecule has 2 aromatic heterocycles. The molecule has 0 aromatic carbocycles. The van der Waals surface area contributed by atoms with E-state index in [-0.39, 0.29) is 12.5 Å². The fourth-order valence-corrected chi connectivity index (χ4v) is 2.42. The molecule has 2 heterocycles. The van der Waals surface area contributed by atoms with E-state index in [0.29, 0.717) is 11.3 Å². The number of nitrogens with zero attached hydrogens (tertiary/aromatic N) is 1. The van der Waals surface area contributed by atoms with Crippen LogP contribution in [-0.4, -0.2) is 22.6 Å². The largest absolute Gasteiger partial charge is 0.384 e. The summed E-state index contributed by atoms with van der Waals surface area (Å²) in [6.07, 6.45) is 0. The Hall–Kier alpha value is -2.16. The number of anilines is 1. The van der Waals surface area contributed by atoms with Crippen LogP contribution >= 0.6 is 11.3 Å². The van der Waals surface area contributed by atoms with E-state index in [1.165, 1.54) is 11.3 Å². The van der Waals surface area contributed by atoms with Gasteiger partial charge in [-0.05, 0) is 32.0 Å². The Kier molecular flexibility index (Phi) is 4.51. The third-order valence-corrected chi connectivity index (χ3v) is 3.47. The van der Waals surface area contributed by atoms with Gasteiger partial charge in [0.1, 0.15) is 6.61 Å². The van der Waals surface area contributed by atoms with Crippen LogP contribution in [-0.2, 0) is 0 Å². The number of aryl methyl sites for hydroxylation is 2. The Morgan fingerprint density at radius 3 is 2.95 bits per heavy atom. The first-order valence-electron chi connectivity index (χ1n) is 6.04. The highest BCUT2D eigenvalue weighted by Gasteiger charge is 2.10. The highest BCUT2D eigenvalue weighted by Crippen LogP contribution is 2.17. The molecule has 0 atom stereocenters. The molecule has 0 aliphatic heterocycles. The third kappa shape index (κ3) is 3.44. The molecular formula is C15H14N2O2S. The number of nitrogens with one attached hydrogen (secondary N) is 1. The van der Waals surface area contributed by atoms with E-state index in [1.54, 1.807) is 11.4 Å². The molecular weight excluding hydrogens is 272 g/mol. The van der Waals surface area contributed by atoms with Gasteiger partial charge in [-0.15, -0.1) is 11.3 Å². The van der Waals surface area contributed by atoms with Crippen molar-refractivity contribution in [3.8, 4) is 11.8 Å². The van der Waals surface area contributed by atoms with Gasteiger partial charge in [0.2, 0.25) is 0 Å². The molecule has 0 bridgehead atoms. The van der Waals surface area contributed by atoms with Crippen molar-refractivity contribution in [2.45, 2.75) is 13.8 Å². The normalized spacial score (nSPS) is 9.75. The molecule has 1 amide bonds. The Morgan fingerprint density at radius 2 is 2.25 bits per heavy atom. The van der Waals surface area contributed by atoms with Crippen molar-refractivity contribution in [2.24, 2.45) is 0 Å². The SMILES string of the molecule is Cc1ccc(NC(=O)c2csc(C#CCO)c2)c(C)n1. The second kappa shape index (κ2) is 6.33. The second-order valence-electron chi connectivity index (χ2n) is 4.20. The maximum Gasteiger partial charge on any atom is 0.256 e. The lowest BCUT2D eigenvalue weighted by atomic mass is 10.2. The third-order valence-electron chi connectivity index (χ3n) is 2.63. The minimum absolute atomic E-state index is 0.187. The number of hydrogen-bond acceptors (Lipinski definition) is 4. The van der Waals surface area contributed by atoms with E-state index in [1.807, 2.05) is 26.0 Å². The number of rotatable bonds is 2. The van der Waals surface area contributed by atoms with Crippen molar-refractivity contribution >= 4 is 22.9 Å². The molecule has 102 valence electrons. The lowest BCUT2D eigenvalue weighted by Crippen LogP contribution is -2.12. The molecule has 20 heavy (non-hydrogen) atoms. The number of hydrogen-bond donors (Lipinski definition) is 2. The van der Waals surface area contributed by atoms with Crippen molar-refractivity contribution in [2.75, 3.05) is 11.9 Å². The molecule has 0 saturated heterocycles. The molecule has 2 N–H and O–H groups in total. The summed E-state index contributed by atoms with van der Waals surface area (Å²) in [5.74, 6) is 5.15. The van der Waals surface area contributed by atoms with E-state index in [2.05, 4.69) is 22.1 Å². The van der Waals surface area contributed by atoms with Gasteiger partial charge in [-0.1, -0.05) is 11.8 Å². The average Bonchev–Trinajstić information content (AvgIpc) is 2.88. The molecule has 0 unspecified atom stereocenters. The van der Waals surface area contributed by atoms with Crippen molar-refractivity contribution in [1.82, 2.24) is 4.98 Å². The second-order valence-corrected chi connectivity index (χ2v) is 5.11. The van der Waals surface area contributed by atoms with Gasteiger partial charge in [0.25, 0.3) is 5.91 Å². The molecule has 0 aliphatic rings. The lowest BCUT2D eigenvalue weighted by molar-refractivity contribution is 0.102. The summed E-state index contributed by atoms with van der Waals surface area (Å²) >= 11 is 1.37. The standard InChI is InChI=1S/C15H14N2O2S/c1-10-5-6-14(11(2)16-10)17-15(19)12-8-13(20-9-12)4-3-7-18/h5-6,8-9,18H,7H2,1-2H3,(H,17,19). The maximum absolute atomic E-state index is 12.1. The molecule has 0 fully saturated rings. The Bertz CT molecular complexity index is 695. The number of carbonyl (C=O) groups excluding carboxylic acids is 1. The number of thiophene rings is 1. The predicted molar refractivity (Wildman–Crippen MR) is 79.9 cm³/mol. The zero-order valence-corrected chi connectivity index (χ0v) is 12.0. The van der Waals surface area contributed by atoms with E-state index >= 15 is 0 Å². The minimum Gasteiger partial charge on any atom is -0.384 e. The summed E-state index contributed by atoms with van der Waals surface area (Å²) in [4.78, 5) is 17.2. The van der Waals surface area contributed by atoms with Gasteiger partial charge in [0.15, 0.2) is 0 Å². The molecule has 0 radical (unpaired) electrons. The number of pyridine rings is 1. The number of carbonyl (C=O) groups is 1. The van der Waals surface area contributed by atoms with Crippen molar-refractivity contribution in [3.05, 3.63) is 45.4 Å². The Balaban J connectivity index is 2.13. The molecule has 0 aliphatic carbocycles. The highest BCUT2D eigenvalue weighted by molar-refractivity contribution is 7.10. The summed E-state index contributed by atoms with van der Waals surface area (Å²) in [7, 11) is 0. The summed E-state index contributed by atoms with van der Waals surface area (Å²) in [6.45, 7) is 3.58. The Morgan fingerprint density at radius 1 is 1.45 bits per heavy atom. The van der Waals surface area contributed by atoms with Crippen LogP contribution in [0.25, 0.3) is 0 Å². The monoisotopic (exact) mass is 286 g/mol. The molecule has 5 heteroatoms. The van der Waals surface area contributed by atoms with Crippen LogP contribution in [0.2, 0.25) is 0 Å². The molecule has 2 rings (SSSR count). The van der Waals surface area contributed by atoms with Gasteiger partial charge < -0.3 is 10.4 Å². The molecule has 0 spiro atoms. The minimum atomic E-state index is -0.188. The quantitative estimate of drug-likeness (QED) is 0.833. The van der Waals surface area contributed by atoms with Gasteiger partial charge in [0.05, 0.1) is 21.8 Å². The summed E-state index contributed by atoms with van der Waals surface area (Å²) in [5, 5.41) is 13.2. The fourth-order valence-electron chi connectivity index (χ4n) is 1.66. The average molecular weight is 286 g/mol. The van der Waals surface area contributed by atoms with Gasteiger partial charge in [0, 0.05) is 11.1 Å². The zero-order valence-electron chi connectivity index (χ0n) is 11.2. The first kappa shape index (κ1) is 14.3. The Labute approximate surface area is 121 Å². The smallest absolute Gasteiger partial charge is 0.256 e. The van der Waals surface area contributed by atoms with Crippen LogP contribution in [0.5, 0.6) is 0 Å². The predicted octanol–water partition coefficient (Wildman–Crippen LogP) is 2.36. The topological polar surface area (TPSA) is 62.2 Å². The summed E-state index contributed by atoms with van der Waals surface area (Å²) in [6, 6.07) is 5.41. The van der Waals surface area contributed by atoms with Crippen LogP contribution in [0.1, 0.15) is 26.6 Å². The number of aromatic nitrogens is 1. The summed E-state index contributed by atoms with van der Waals surface area (Å²) in [5.41, 5.74) is 2.96. The number of amides is 1. The summed E-state index contributed by atoms with van der Waals surface area (Å²) < 4.78 is 0. The van der Waals surface area contributed by atoms with E-state index in [0.717, 1.165) is 16.3 Å². The van der Waals surface area contributed by atoms with E-state index in [4.69, 9.17) is 5.11 Å². The lowest BCUT2D eigenvalue weighted by Gasteiger charge is -2.07. The van der Waals surface area contributed by atoms with E-state index in [9.17, 15) is 4.79 Å². The number of aliphatic hydroxyl groups excluding tert-OH is 1.